The number of rotatable bonds is 3. The van der Waals surface area contributed by atoms with Crippen molar-refractivity contribution in [3.63, 3.8) is 0 Å². The quantitative estimate of drug-likeness (QED) is 0.511. The molecule has 6 heteroatoms. The van der Waals surface area contributed by atoms with Crippen LogP contribution in [0.5, 0.6) is 0 Å². The molecular weight excluding hydrogens is 236 g/mol. The molecule has 0 saturated heterocycles. The van der Waals surface area contributed by atoms with Crippen LogP contribution in [-0.2, 0) is 4.74 Å². The van der Waals surface area contributed by atoms with Crippen LogP contribution in [0.25, 0.3) is 17.0 Å². The van der Waals surface area contributed by atoms with Gasteiger partial charge in [0.25, 0.3) is 0 Å². The smallest absolute Gasteiger partial charge is 0.339 e. The number of nitrogens with zero attached hydrogens (tertiary/aromatic N) is 1. The second kappa shape index (κ2) is 4.70. The number of carbonyl (C=O) groups excluding carboxylic acids is 1. The average Bonchev–Trinajstić information content (AvgIpc) is 2.78. The number of hydrogen-bond acceptors (Lipinski definition) is 4. The van der Waals surface area contributed by atoms with Crippen LogP contribution >= 0.6 is 0 Å². The number of esters is 1. The Bertz CT molecular complexity index is 643. The largest absolute Gasteiger partial charge is 0.465 e. The van der Waals surface area contributed by atoms with Gasteiger partial charge in [0.15, 0.2) is 0 Å². The van der Waals surface area contributed by atoms with Crippen molar-refractivity contribution in [2.24, 2.45) is 0 Å². The molecule has 1 heterocycles. The van der Waals surface area contributed by atoms with Crippen LogP contribution in [0.3, 0.4) is 0 Å². The van der Waals surface area contributed by atoms with Crippen LogP contribution in [0.15, 0.2) is 30.6 Å². The summed E-state index contributed by atoms with van der Waals surface area (Å²) in [4.78, 5) is 24.2. The maximum atomic E-state index is 11.5. The fourth-order valence-corrected chi connectivity index (χ4v) is 1.74. The van der Waals surface area contributed by atoms with Gasteiger partial charge >= 0.3 is 5.97 Å². The van der Waals surface area contributed by atoms with Crippen LogP contribution in [0.4, 0.5) is 0 Å². The number of nitro groups is 1. The summed E-state index contributed by atoms with van der Waals surface area (Å²) in [6, 6.07) is 5.11. The van der Waals surface area contributed by atoms with Gasteiger partial charge in [0.1, 0.15) is 0 Å². The zero-order valence-electron chi connectivity index (χ0n) is 9.54. The first-order valence-corrected chi connectivity index (χ1v) is 5.13. The van der Waals surface area contributed by atoms with Gasteiger partial charge in [-0.05, 0) is 6.07 Å². The van der Waals surface area contributed by atoms with Crippen LogP contribution in [-0.4, -0.2) is 23.0 Å². The maximum Gasteiger partial charge on any atom is 0.339 e. The van der Waals surface area contributed by atoms with Gasteiger partial charge in [-0.2, -0.15) is 0 Å². The lowest BCUT2D eigenvalue weighted by molar-refractivity contribution is -0.400. The van der Waals surface area contributed by atoms with E-state index in [2.05, 4.69) is 9.72 Å². The van der Waals surface area contributed by atoms with Crippen molar-refractivity contribution in [3.05, 3.63) is 51.8 Å². The summed E-state index contributed by atoms with van der Waals surface area (Å²) in [5.74, 6) is -0.452. The molecule has 2 rings (SSSR count). The van der Waals surface area contributed by atoms with Crippen molar-refractivity contribution in [3.8, 4) is 0 Å². The van der Waals surface area contributed by atoms with E-state index >= 15 is 0 Å². The number of H-pyrrole nitrogens is 1. The van der Waals surface area contributed by atoms with Crippen LogP contribution in [0.2, 0.25) is 0 Å². The molecule has 0 aliphatic heterocycles. The summed E-state index contributed by atoms with van der Waals surface area (Å²) in [7, 11) is 1.30. The molecule has 18 heavy (non-hydrogen) atoms. The van der Waals surface area contributed by atoms with Gasteiger partial charge in [-0.1, -0.05) is 12.1 Å². The third kappa shape index (κ3) is 2.08. The topological polar surface area (TPSA) is 85.2 Å². The minimum atomic E-state index is -0.539. The summed E-state index contributed by atoms with van der Waals surface area (Å²) in [6.45, 7) is 0. The number of carbonyl (C=O) groups is 1. The van der Waals surface area contributed by atoms with E-state index in [1.54, 1.807) is 24.4 Å². The molecule has 0 unspecified atom stereocenters. The molecule has 0 saturated carbocycles. The fraction of sp³-hybridized carbons (Fsp3) is 0.0833. The Balaban J connectivity index is 2.55. The Morgan fingerprint density at radius 3 is 2.94 bits per heavy atom. The molecule has 0 aliphatic rings. The molecule has 92 valence electrons. The molecule has 0 atom stereocenters. The standard InChI is InChI=1S/C12H10N2O4/c1-18-12(15)10-4-2-3-9-8(5-6-14(16)17)7-13-11(9)10/h2-7,13H,1H3/b6-5-. The van der Waals surface area contributed by atoms with E-state index in [0.717, 1.165) is 11.6 Å². The number of nitrogens with one attached hydrogen (secondary N) is 1. The van der Waals surface area contributed by atoms with Crippen molar-refractivity contribution in [2.45, 2.75) is 0 Å². The van der Waals surface area contributed by atoms with Gasteiger partial charge in [0.05, 0.1) is 23.1 Å². The molecule has 1 aromatic carbocycles. The lowest BCUT2D eigenvalue weighted by Gasteiger charge is -2.00. The molecule has 0 amide bonds. The molecule has 1 N–H and O–H groups in total. The number of aromatic amines is 1. The minimum Gasteiger partial charge on any atom is -0.465 e. The van der Waals surface area contributed by atoms with Gasteiger partial charge in [0, 0.05) is 23.2 Å². The van der Waals surface area contributed by atoms with E-state index in [1.807, 2.05) is 0 Å². The van der Waals surface area contributed by atoms with E-state index in [0.29, 0.717) is 16.6 Å². The average molecular weight is 246 g/mol. The van der Waals surface area contributed by atoms with E-state index in [9.17, 15) is 14.9 Å². The van der Waals surface area contributed by atoms with E-state index < -0.39 is 10.9 Å². The molecule has 6 nitrogen and oxygen atoms in total. The summed E-state index contributed by atoms with van der Waals surface area (Å²) >= 11 is 0. The van der Waals surface area contributed by atoms with Crippen molar-refractivity contribution in [1.82, 2.24) is 4.98 Å². The Labute approximate surface area is 102 Å². The number of para-hydroxylation sites is 1. The fourth-order valence-electron chi connectivity index (χ4n) is 1.74. The van der Waals surface area contributed by atoms with Crippen molar-refractivity contribution in [2.75, 3.05) is 7.11 Å². The monoisotopic (exact) mass is 246 g/mol. The lowest BCUT2D eigenvalue weighted by Crippen LogP contribution is -2.01. The molecule has 0 fully saturated rings. The van der Waals surface area contributed by atoms with Gasteiger partial charge < -0.3 is 9.72 Å². The number of methoxy groups -OCH3 is 1. The second-order valence-electron chi connectivity index (χ2n) is 3.56. The lowest BCUT2D eigenvalue weighted by atomic mass is 10.1. The molecule has 2 aromatic rings. The highest BCUT2D eigenvalue weighted by Gasteiger charge is 2.12. The van der Waals surface area contributed by atoms with Crippen molar-refractivity contribution >= 4 is 22.9 Å². The molecule has 1 aromatic heterocycles. The van der Waals surface area contributed by atoms with Gasteiger partial charge in [0.2, 0.25) is 6.20 Å². The van der Waals surface area contributed by atoms with E-state index in [4.69, 9.17) is 0 Å². The second-order valence-corrected chi connectivity index (χ2v) is 3.56. The number of aromatic nitrogens is 1. The van der Waals surface area contributed by atoms with Crippen LogP contribution in [0.1, 0.15) is 15.9 Å². The molecular formula is C12H10N2O4. The first-order chi connectivity index (χ1) is 8.63. The molecule has 0 aliphatic carbocycles. The molecule has 0 radical (unpaired) electrons. The Hall–Kier alpha value is -2.63. The Morgan fingerprint density at radius 1 is 1.50 bits per heavy atom. The van der Waals surface area contributed by atoms with Gasteiger partial charge in [-0.15, -0.1) is 0 Å². The highest BCUT2D eigenvalue weighted by molar-refractivity contribution is 6.05. The van der Waals surface area contributed by atoms with Gasteiger partial charge in [-0.3, -0.25) is 10.1 Å². The maximum absolute atomic E-state index is 11.5. The Kier molecular flexibility index (Phi) is 3.09. The molecule has 0 spiro atoms. The highest BCUT2D eigenvalue weighted by atomic mass is 16.6. The minimum absolute atomic E-state index is 0.399. The summed E-state index contributed by atoms with van der Waals surface area (Å²) in [6.07, 6.45) is 3.84. The number of ether oxygens (including phenoxy) is 1. The third-order valence-corrected chi connectivity index (χ3v) is 2.53. The third-order valence-electron chi connectivity index (χ3n) is 2.53. The molecule has 0 bridgehead atoms. The van der Waals surface area contributed by atoms with Crippen LogP contribution < -0.4 is 0 Å². The highest BCUT2D eigenvalue weighted by Crippen LogP contribution is 2.23. The summed E-state index contributed by atoms with van der Waals surface area (Å²) < 4.78 is 4.67. The van der Waals surface area contributed by atoms with E-state index in [-0.39, 0.29) is 0 Å². The number of benzene rings is 1. The zero-order valence-corrected chi connectivity index (χ0v) is 9.54. The zero-order chi connectivity index (χ0) is 13.1. The first-order valence-electron chi connectivity index (χ1n) is 5.13. The SMILES string of the molecule is COC(=O)c1cccc2c(/C=C\[N+](=O)[O-])c[nH]c12. The number of fused-ring (bicyclic) bond motifs is 1. The van der Waals surface area contributed by atoms with Crippen LogP contribution in [0, 0.1) is 10.1 Å². The Morgan fingerprint density at radius 2 is 2.28 bits per heavy atom. The normalized spacial score (nSPS) is 10.9. The number of hydrogen-bond donors (Lipinski definition) is 1. The van der Waals surface area contributed by atoms with Crippen molar-refractivity contribution in [1.29, 1.82) is 0 Å². The predicted molar refractivity (Wildman–Crippen MR) is 65.7 cm³/mol. The van der Waals surface area contributed by atoms with Crippen molar-refractivity contribution < 1.29 is 14.5 Å². The van der Waals surface area contributed by atoms with Gasteiger partial charge in [-0.25, -0.2) is 4.79 Å². The summed E-state index contributed by atoms with van der Waals surface area (Å²) in [5.41, 5.74) is 1.65. The predicted octanol–water partition coefficient (Wildman–Crippen LogP) is 2.20. The first kappa shape index (κ1) is 11.8. The van der Waals surface area contributed by atoms with E-state index in [1.165, 1.54) is 13.2 Å². The summed E-state index contributed by atoms with van der Waals surface area (Å²) in [5, 5.41) is 11.0.